The molecule has 84 valence electrons. The van der Waals surface area contributed by atoms with Crippen molar-refractivity contribution < 1.29 is 14.6 Å². The van der Waals surface area contributed by atoms with E-state index >= 15 is 0 Å². The van der Waals surface area contributed by atoms with Crippen molar-refractivity contribution in [2.45, 2.75) is 25.4 Å². The zero-order valence-electron chi connectivity index (χ0n) is 9.52. The van der Waals surface area contributed by atoms with Crippen LogP contribution in [0.15, 0.2) is 18.3 Å². The molecule has 0 amide bonds. The highest BCUT2D eigenvalue weighted by Crippen LogP contribution is 2.29. The Labute approximate surface area is 89.5 Å². The van der Waals surface area contributed by atoms with E-state index < -0.39 is 17.5 Å². The second-order valence-corrected chi connectivity index (χ2v) is 4.18. The molecule has 4 nitrogen and oxygen atoms in total. The van der Waals surface area contributed by atoms with Gasteiger partial charge in [-0.25, -0.2) is 4.79 Å². The second kappa shape index (κ2) is 4.06. The normalized spacial score (nSPS) is 13.9. The van der Waals surface area contributed by atoms with Crippen molar-refractivity contribution >= 4 is 5.97 Å². The molecule has 1 unspecified atom stereocenters. The van der Waals surface area contributed by atoms with Gasteiger partial charge >= 0.3 is 5.97 Å². The number of carbonyl (C=O) groups is 1. The first-order valence-corrected chi connectivity index (χ1v) is 4.78. The summed E-state index contributed by atoms with van der Waals surface area (Å²) < 4.78 is 6.95. The van der Waals surface area contributed by atoms with E-state index in [0.29, 0.717) is 0 Å². The van der Waals surface area contributed by atoms with Crippen LogP contribution in [0, 0.1) is 0 Å². The summed E-state index contributed by atoms with van der Waals surface area (Å²) >= 11 is 0. The van der Waals surface area contributed by atoms with Crippen LogP contribution in [0.25, 0.3) is 0 Å². The van der Waals surface area contributed by atoms with Crippen molar-refractivity contribution in [1.29, 1.82) is 0 Å². The Balaban J connectivity index is 3.11. The number of nitrogens with zero attached hydrogens (tertiary/aromatic N) is 1. The van der Waals surface area contributed by atoms with Crippen molar-refractivity contribution in [2.75, 3.05) is 7.11 Å². The lowest BCUT2D eigenvalue weighted by Crippen LogP contribution is -2.42. The molecule has 1 heterocycles. The maximum Gasteiger partial charge on any atom is 0.333 e. The predicted octanol–water partition coefficient (Wildman–Crippen LogP) is 1.40. The van der Waals surface area contributed by atoms with Gasteiger partial charge in [-0.2, -0.15) is 0 Å². The van der Waals surface area contributed by atoms with Crippen molar-refractivity contribution in [3.8, 4) is 0 Å². The van der Waals surface area contributed by atoms with E-state index in [1.807, 2.05) is 43.8 Å². The van der Waals surface area contributed by atoms with E-state index in [1.165, 1.54) is 7.11 Å². The van der Waals surface area contributed by atoms with Gasteiger partial charge in [-0.15, -0.1) is 0 Å². The number of ether oxygens (including phenoxy) is 1. The molecule has 0 saturated carbocycles. The maximum absolute atomic E-state index is 11.0. The van der Waals surface area contributed by atoms with Gasteiger partial charge in [0.1, 0.15) is 0 Å². The molecular formula is C11H17NO3. The average Bonchev–Trinajstić information content (AvgIpc) is 2.51. The maximum atomic E-state index is 11.0. The molecule has 1 N–H and O–H groups in total. The van der Waals surface area contributed by atoms with Gasteiger partial charge in [0.15, 0.2) is 6.10 Å². The number of hydrogen-bond acceptors (Lipinski definition) is 2. The average molecular weight is 211 g/mol. The molecule has 1 aromatic rings. The fraction of sp³-hybridized carbons (Fsp3) is 0.545. The van der Waals surface area contributed by atoms with E-state index in [9.17, 15) is 4.79 Å². The monoisotopic (exact) mass is 211 g/mol. The highest BCUT2D eigenvalue weighted by atomic mass is 16.5. The minimum atomic E-state index is -0.941. The number of hydrogen-bond donors (Lipinski definition) is 1. The third-order valence-corrected chi connectivity index (χ3v) is 2.72. The Morgan fingerprint density at radius 3 is 2.53 bits per heavy atom. The highest BCUT2D eigenvalue weighted by molar-refractivity contribution is 5.74. The van der Waals surface area contributed by atoms with Gasteiger partial charge in [0.2, 0.25) is 0 Å². The Kier molecular flexibility index (Phi) is 3.19. The Bertz CT molecular complexity index is 354. The van der Waals surface area contributed by atoms with Crippen molar-refractivity contribution in [2.24, 2.45) is 7.05 Å². The summed E-state index contributed by atoms with van der Waals surface area (Å²) in [6.07, 6.45) is 1.05. The van der Waals surface area contributed by atoms with E-state index in [2.05, 4.69) is 0 Å². The first kappa shape index (κ1) is 11.8. The quantitative estimate of drug-likeness (QED) is 0.819. The molecule has 1 rings (SSSR count). The summed E-state index contributed by atoms with van der Waals surface area (Å²) in [4.78, 5) is 11.0. The zero-order chi connectivity index (χ0) is 11.6. The van der Waals surface area contributed by atoms with E-state index in [4.69, 9.17) is 9.84 Å². The van der Waals surface area contributed by atoms with Gasteiger partial charge < -0.3 is 14.4 Å². The van der Waals surface area contributed by atoms with Crippen LogP contribution in [0.4, 0.5) is 0 Å². The fourth-order valence-electron chi connectivity index (χ4n) is 1.97. The number of aromatic nitrogens is 1. The molecule has 0 fully saturated rings. The zero-order valence-corrected chi connectivity index (χ0v) is 9.52. The molecule has 0 aliphatic rings. The Morgan fingerprint density at radius 1 is 1.60 bits per heavy atom. The fourth-order valence-corrected chi connectivity index (χ4v) is 1.97. The molecule has 0 aliphatic carbocycles. The molecule has 1 atom stereocenters. The van der Waals surface area contributed by atoms with Gasteiger partial charge in [-0.05, 0) is 12.1 Å². The van der Waals surface area contributed by atoms with Crippen LogP contribution in [0.3, 0.4) is 0 Å². The molecule has 0 radical (unpaired) electrons. The molecule has 0 bridgehead atoms. The Morgan fingerprint density at radius 2 is 2.20 bits per heavy atom. The third kappa shape index (κ3) is 2.04. The number of aryl methyl sites for hydroxylation is 1. The van der Waals surface area contributed by atoms with Gasteiger partial charge in [-0.3, -0.25) is 0 Å². The van der Waals surface area contributed by atoms with Crippen LogP contribution >= 0.6 is 0 Å². The van der Waals surface area contributed by atoms with Gasteiger partial charge in [0.25, 0.3) is 0 Å². The minimum Gasteiger partial charge on any atom is -0.479 e. The van der Waals surface area contributed by atoms with Gasteiger partial charge in [-0.1, -0.05) is 13.8 Å². The largest absolute Gasteiger partial charge is 0.479 e. The molecule has 1 aromatic heterocycles. The lowest BCUT2D eigenvalue weighted by Gasteiger charge is -2.30. The summed E-state index contributed by atoms with van der Waals surface area (Å²) in [5.41, 5.74) is 0.385. The summed E-state index contributed by atoms with van der Waals surface area (Å²) in [7, 11) is 3.31. The topological polar surface area (TPSA) is 51.5 Å². The van der Waals surface area contributed by atoms with Crippen molar-refractivity contribution in [3.63, 3.8) is 0 Å². The summed E-state index contributed by atoms with van der Waals surface area (Å²) in [5.74, 6) is -0.941. The first-order chi connectivity index (χ1) is 6.91. The van der Waals surface area contributed by atoms with Crippen LogP contribution in [0.2, 0.25) is 0 Å². The number of rotatable bonds is 4. The molecule has 15 heavy (non-hydrogen) atoms. The number of carboxylic acids is 1. The second-order valence-electron chi connectivity index (χ2n) is 4.18. The molecule has 4 heteroatoms. The Hall–Kier alpha value is -1.29. The van der Waals surface area contributed by atoms with Crippen LogP contribution in [0.5, 0.6) is 0 Å². The molecular weight excluding hydrogens is 194 g/mol. The number of methoxy groups -OCH3 is 1. The summed E-state index contributed by atoms with van der Waals surface area (Å²) in [6, 6.07) is 3.81. The number of carboxylic acid groups (broad SMARTS) is 1. The van der Waals surface area contributed by atoms with Crippen LogP contribution in [-0.4, -0.2) is 28.9 Å². The van der Waals surface area contributed by atoms with Gasteiger partial charge in [0, 0.05) is 31.5 Å². The smallest absolute Gasteiger partial charge is 0.333 e. The predicted molar refractivity (Wildman–Crippen MR) is 56.9 cm³/mol. The molecule has 0 spiro atoms. The molecule has 0 aromatic carbocycles. The van der Waals surface area contributed by atoms with Crippen LogP contribution in [0.1, 0.15) is 19.5 Å². The third-order valence-electron chi connectivity index (χ3n) is 2.72. The van der Waals surface area contributed by atoms with E-state index in [0.717, 1.165) is 5.69 Å². The molecule has 0 saturated heterocycles. The minimum absolute atomic E-state index is 0.557. The lowest BCUT2D eigenvalue weighted by atomic mass is 9.83. The lowest BCUT2D eigenvalue weighted by molar-refractivity contribution is -0.152. The van der Waals surface area contributed by atoms with E-state index in [1.54, 1.807) is 0 Å². The summed E-state index contributed by atoms with van der Waals surface area (Å²) in [5, 5.41) is 9.06. The SMILES string of the molecule is COC(C(=O)O)C(C)(C)c1cccn1C. The standard InChI is InChI=1S/C11H17NO3/c1-11(2,9(15-4)10(13)14)8-6-5-7-12(8)3/h5-7,9H,1-4H3,(H,13,14). The molecule has 0 aliphatic heterocycles. The van der Waals surface area contributed by atoms with Crippen molar-refractivity contribution in [3.05, 3.63) is 24.0 Å². The van der Waals surface area contributed by atoms with Crippen LogP contribution < -0.4 is 0 Å². The van der Waals surface area contributed by atoms with Gasteiger partial charge in [0.05, 0.1) is 0 Å². The highest BCUT2D eigenvalue weighted by Gasteiger charge is 2.38. The van der Waals surface area contributed by atoms with Crippen molar-refractivity contribution in [1.82, 2.24) is 4.57 Å². The first-order valence-electron chi connectivity index (χ1n) is 4.78. The number of aliphatic carboxylic acids is 1. The summed E-state index contributed by atoms with van der Waals surface area (Å²) in [6.45, 7) is 3.73. The van der Waals surface area contributed by atoms with E-state index in [-0.39, 0.29) is 0 Å². The van der Waals surface area contributed by atoms with Crippen LogP contribution in [-0.2, 0) is 22.0 Å².